The van der Waals surface area contributed by atoms with Crippen LogP contribution >= 0.6 is 19.1 Å². The van der Waals surface area contributed by atoms with Gasteiger partial charge in [-0.3, -0.25) is 23.7 Å². The van der Waals surface area contributed by atoms with Crippen molar-refractivity contribution in [2.75, 3.05) is 38.2 Å². The number of ether oxygens (including phenoxy) is 2. The number of carbonyl (C=O) groups excluding carboxylic acids is 5. The van der Waals surface area contributed by atoms with Crippen molar-refractivity contribution in [1.29, 1.82) is 0 Å². The molecule has 0 aliphatic carbocycles. The Hall–Kier alpha value is -2.89. The van der Waals surface area contributed by atoms with Gasteiger partial charge in [0.25, 0.3) is 0 Å². The molecule has 0 saturated carbocycles. The van der Waals surface area contributed by atoms with Crippen LogP contribution < -0.4 is 16.0 Å². The van der Waals surface area contributed by atoms with Crippen molar-refractivity contribution in [1.82, 2.24) is 16.0 Å². The van der Waals surface area contributed by atoms with E-state index in [9.17, 15) is 28.5 Å². The van der Waals surface area contributed by atoms with Crippen molar-refractivity contribution in [2.45, 2.75) is 133 Å². The minimum absolute atomic E-state index is 0.00882. The van der Waals surface area contributed by atoms with Crippen molar-refractivity contribution in [3.8, 4) is 0 Å². The summed E-state index contributed by atoms with van der Waals surface area (Å²) in [6.45, 7) is 19.8. The summed E-state index contributed by atoms with van der Waals surface area (Å²) in [6, 6.07) is -3.07. The van der Waals surface area contributed by atoms with E-state index in [1.165, 1.54) is 30.0 Å². The molecule has 54 heavy (non-hydrogen) atoms. The van der Waals surface area contributed by atoms with Gasteiger partial charge in [0.05, 0.1) is 5.41 Å². The van der Waals surface area contributed by atoms with Crippen LogP contribution in [0, 0.1) is 17.3 Å². The van der Waals surface area contributed by atoms with Crippen molar-refractivity contribution < 1.29 is 42.5 Å². The summed E-state index contributed by atoms with van der Waals surface area (Å²) < 4.78 is 29.1. The first-order chi connectivity index (χ1) is 25.1. The van der Waals surface area contributed by atoms with E-state index < -0.39 is 67.4 Å². The SMILES string of the molecule is COP(=O)(C/C=C(\C)CC/C=C(\C)CCC=C(C)C)CCC(=O)N[C@H](C(=O)N[C@H](C(=O)N[C@@H](CCSC)C(=O)OCOC(=O)C(C)(C)C)C(C)C)C(C)C. The molecule has 0 aromatic carbocycles. The zero-order valence-electron chi connectivity index (χ0n) is 35.2. The standard InChI is InChI=1S/C40H70N3O9PS/c1-27(2)16-14-17-30(7)18-15-19-31(8)20-23-53(49,50-12)24-21-33(44)42-34(28(3)4)37(46)43-35(29(5)6)36(45)41-32(22-25-54-13)38(47)51-26-52-39(48)40(9,10)11/h16,18,20,28-29,32,34-35H,14-15,17,19,21-26H2,1-13H3,(H,41,45)(H,42,44)(H,43,46)/b30-18+,31-20+/t32-,34-,35-,53?/m0/s1. The van der Waals surface area contributed by atoms with Crippen LogP contribution in [0.1, 0.15) is 115 Å². The summed E-state index contributed by atoms with van der Waals surface area (Å²) in [7, 11) is -1.77. The van der Waals surface area contributed by atoms with Crippen LogP contribution in [0.5, 0.6) is 0 Å². The fourth-order valence-corrected chi connectivity index (χ4v) is 7.04. The predicted molar refractivity (Wildman–Crippen MR) is 219 cm³/mol. The Morgan fingerprint density at radius 3 is 1.81 bits per heavy atom. The fourth-order valence-electron chi connectivity index (χ4n) is 4.93. The van der Waals surface area contributed by atoms with Crippen LogP contribution in [0.3, 0.4) is 0 Å². The van der Waals surface area contributed by atoms with E-state index in [2.05, 4.69) is 48.9 Å². The topological polar surface area (TPSA) is 166 Å². The molecule has 3 N–H and O–H groups in total. The highest BCUT2D eigenvalue weighted by molar-refractivity contribution is 7.98. The number of thioether (sulfide) groups is 1. The van der Waals surface area contributed by atoms with Gasteiger partial charge in [0.2, 0.25) is 31.9 Å². The van der Waals surface area contributed by atoms with E-state index in [-0.39, 0.29) is 37.0 Å². The minimum atomic E-state index is -3.15. The lowest BCUT2D eigenvalue weighted by Gasteiger charge is -2.28. The maximum Gasteiger partial charge on any atom is 0.331 e. The molecule has 0 aliphatic heterocycles. The number of amides is 3. The zero-order valence-corrected chi connectivity index (χ0v) is 36.9. The molecule has 0 rings (SSSR count). The molecular weight excluding hydrogens is 729 g/mol. The van der Waals surface area contributed by atoms with Crippen LogP contribution in [0.4, 0.5) is 0 Å². The van der Waals surface area contributed by atoms with Crippen LogP contribution in [-0.4, -0.2) is 86.0 Å². The molecule has 0 heterocycles. The number of rotatable bonds is 25. The molecule has 310 valence electrons. The quantitative estimate of drug-likeness (QED) is 0.0369. The van der Waals surface area contributed by atoms with Gasteiger partial charge in [-0.2, -0.15) is 11.8 Å². The summed E-state index contributed by atoms with van der Waals surface area (Å²) >= 11 is 1.48. The molecule has 0 aromatic rings. The summed E-state index contributed by atoms with van der Waals surface area (Å²) in [5.41, 5.74) is 2.98. The third-order valence-corrected chi connectivity index (χ3v) is 11.5. The number of nitrogens with one attached hydrogen (secondary N) is 3. The Bertz CT molecular complexity index is 1360. The molecule has 14 heteroatoms. The molecule has 3 amide bonds. The highest BCUT2D eigenvalue weighted by Crippen LogP contribution is 2.46. The molecule has 0 saturated heterocycles. The van der Waals surface area contributed by atoms with Crippen molar-refractivity contribution >= 4 is 48.8 Å². The molecule has 12 nitrogen and oxygen atoms in total. The maximum absolute atomic E-state index is 13.5. The van der Waals surface area contributed by atoms with Crippen molar-refractivity contribution in [3.63, 3.8) is 0 Å². The Kier molecular flexibility index (Phi) is 24.7. The second kappa shape index (κ2) is 26.1. The predicted octanol–water partition coefficient (Wildman–Crippen LogP) is 7.33. The smallest absolute Gasteiger partial charge is 0.331 e. The highest BCUT2D eigenvalue weighted by atomic mass is 32.2. The molecular formula is C40H70N3O9PS. The monoisotopic (exact) mass is 799 g/mol. The lowest BCUT2D eigenvalue weighted by atomic mass is 9.98. The first-order valence-corrected chi connectivity index (χ1v) is 22.3. The average Bonchev–Trinajstić information content (AvgIpc) is 3.08. The lowest BCUT2D eigenvalue weighted by Crippen LogP contribution is -2.58. The minimum Gasteiger partial charge on any atom is -0.427 e. The molecule has 0 spiro atoms. The van der Waals surface area contributed by atoms with Gasteiger partial charge >= 0.3 is 11.9 Å². The van der Waals surface area contributed by atoms with Crippen LogP contribution in [0.2, 0.25) is 0 Å². The Morgan fingerprint density at radius 1 is 0.759 bits per heavy atom. The van der Waals surface area contributed by atoms with Crippen LogP contribution in [0.15, 0.2) is 34.9 Å². The fraction of sp³-hybridized carbons (Fsp3) is 0.725. The van der Waals surface area contributed by atoms with E-state index >= 15 is 0 Å². The Labute approximate surface area is 329 Å². The molecule has 4 atom stereocenters. The maximum atomic E-state index is 13.5. The van der Waals surface area contributed by atoms with E-state index in [1.54, 1.807) is 48.5 Å². The van der Waals surface area contributed by atoms with Crippen LogP contribution in [0.25, 0.3) is 0 Å². The van der Waals surface area contributed by atoms with Gasteiger partial charge in [-0.1, -0.05) is 62.6 Å². The molecule has 0 aromatic heterocycles. The largest absolute Gasteiger partial charge is 0.427 e. The van der Waals surface area contributed by atoms with Gasteiger partial charge in [0, 0.05) is 25.9 Å². The van der Waals surface area contributed by atoms with Gasteiger partial charge in [-0.05, 0) is 104 Å². The number of hydrogen-bond donors (Lipinski definition) is 3. The highest BCUT2D eigenvalue weighted by Gasteiger charge is 2.33. The molecule has 1 unspecified atom stereocenters. The van der Waals surface area contributed by atoms with E-state index in [1.807, 2.05) is 19.3 Å². The van der Waals surface area contributed by atoms with Gasteiger partial charge in [-0.15, -0.1) is 0 Å². The first kappa shape index (κ1) is 51.1. The van der Waals surface area contributed by atoms with E-state index in [0.717, 1.165) is 31.3 Å². The summed E-state index contributed by atoms with van der Waals surface area (Å²) in [5, 5.41) is 8.17. The third kappa shape index (κ3) is 21.9. The summed E-state index contributed by atoms with van der Waals surface area (Å²) in [6.07, 6.45) is 12.4. The molecule has 0 aliphatic rings. The van der Waals surface area contributed by atoms with Crippen molar-refractivity contribution in [3.05, 3.63) is 34.9 Å². The second-order valence-corrected chi connectivity index (χ2v) is 19.5. The number of allylic oxidation sites excluding steroid dienone is 6. The van der Waals surface area contributed by atoms with E-state index in [4.69, 9.17) is 14.0 Å². The normalized spacial score (nSPS) is 15.1. The van der Waals surface area contributed by atoms with Gasteiger partial charge in [0.15, 0.2) is 0 Å². The van der Waals surface area contributed by atoms with Gasteiger partial charge in [0.1, 0.15) is 18.1 Å². The first-order valence-electron chi connectivity index (χ1n) is 18.9. The number of hydrogen-bond acceptors (Lipinski definition) is 10. The van der Waals surface area contributed by atoms with Crippen LogP contribution in [-0.2, 0) is 42.5 Å². The Balaban J connectivity index is 5.42. The Morgan fingerprint density at radius 2 is 1.30 bits per heavy atom. The van der Waals surface area contributed by atoms with E-state index in [0.29, 0.717) is 5.75 Å². The average molecular weight is 800 g/mol. The molecule has 0 fully saturated rings. The molecule has 0 radical (unpaired) electrons. The number of carbonyl (C=O) groups is 5. The summed E-state index contributed by atoms with van der Waals surface area (Å²) in [4.78, 5) is 65.0. The second-order valence-electron chi connectivity index (χ2n) is 15.7. The number of esters is 2. The molecule has 0 bridgehead atoms. The third-order valence-electron chi connectivity index (χ3n) is 8.58. The van der Waals surface area contributed by atoms with Gasteiger partial charge in [-0.25, -0.2) is 4.79 Å². The van der Waals surface area contributed by atoms with Crippen molar-refractivity contribution in [2.24, 2.45) is 17.3 Å². The zero-order chi connectivity index (χ0) is 41.6. The summed E-state index contributed by atoms with van der Waals surface area (Å²) in [5.74, 6) is -3.13. The lowest BCUT2D eigenvalue weighted by molar-refractivity contribution is -0.174. The van der Waals surface area contributed by atoms with Gasteiger partial charge < -0.3 is 29.9 Å².